The van der Waals surface area contributed by atoms with Crippen molar-refractivity contribution in [3.63, 3.8) is 0 Å². The molecule has 0 radical (unpaired) electrons. The Kier molecular flexibility index (Phi) is 1.72. The van der Waals surface area contributed by atoms with Crippen LogP contribution in [0.3, 0.4) is 0 Å². The Balaban J connectivity index is 2.55. The Hall–Kier alpha value is -1.73. The lowest BCUT2D eigenvalue weighted by Gasteiger charge is -2.27. The van der Waals surface area contributed by atoms with Crippen LogP contribution in [-0.2, 0) is 4.87 Å². The zero-order valence-corrected chi connectivity index (χ0v) is 9.57. The van der Waals surface area contributed by atoms with Crippen molar-refractivity contribution in [1.82, 2.24) is 9.55 Å². The van der Waals surface area contributed by atoms with Gasteiger partial charge in [-0.2, -0.15) is 5.26 Å². The smallest absolute Gasteiger partial charge is 0.215 e. The molecule has 4 heteroatoms. The first kappa shape index (κ1) is 9.49. The van der Waals surface area contributed by atoms with E-state index in [0.717, 1.165) is 16.6 Å². The molecule has 78 valence electrons. The molecule has 0 amide bonds. The van der Waals surface area contributed by atoms with Gasteiger partial charge in [-0.25, -0.2) is 4.98 Å². The van der Waals surface area contributed by atoms with E-state index in [0.29, 0.717) is 5.82 Å². The second kappa shape index (κ2) is 2.89. The number of imidazole rings is 1. The summed E-state index contributed by atoms with van der Waals surface area (Å²) in [6.07, 6.45) is 4.00. The fourth-order valence-electron chi connectivity index (χ4n) is 2.12. The largest absolute Gasteiger partial charge is 0.297 e. The van der Waals surface area contributed by atoms with Crippen molar-refractivity contribution in [3.8, 4) is 6.07 Å². The van der Waals surface area contributed by atoms with Crippen LogP contribution in [0.2, 0.25) is 0 Å². The zero-order valence-electron chi connectivity index (χ0n) is 8.68. The van der Waals surface area contributed by atoms with Gasteiger partial charge >= 0.3 is 0 Å². The zero-order chi connectivity index (χ0) is 11.3. The van der Waals surface area contributed by atoms with Crippen molar-refractivity contribution in [2.75, 3.05) is 0 Å². The van der Waals surface area contributed by atoms with Crippen molar-refractivity contribution in [2.24, 2.45) is 0 Å². The predicted octanol–water partition coefficient (Wildman–Crippen LogP) is 2.54. The summed E-state index contributed by atoms with van der Waals surface area (Å²) in [5, 5.41) is 9.11. The van der Waals surface area contributed by atoms with Gasteiger partial charge in [0, 0.05) is 5.56 Å². The summed E-state index contributed by atoms with van der Waals surface area (Å²) in [6.45, 7) is 1.95. The second-order valence-corrected chi connectivity index (χ2v) is 4.93. The van der Waals surface area contributed by atoms with Crippen LogP contribution in [0.5, 0.6) is 0 Å². The van der Waals surface area contributed by atoms with E-state index in [1.54, 1.807) is 0 Å². The number of hydrogen-bond donors (Lipinski definition) is 1. The van der Waals surface area contributed by atoms with E-state index >= 15 is 0 Å². The maximum absolute atomic E-state index is 9.11. The quantitative estimate of drug-likeness (QED) is 0.703. The molecule has 3 nitrogen and oxygen atoms in total. The highest BCUT2D eigenvalue weighted by Gasteiger charge is 2.28. The maximum atomic E-state index is 9.11. The average Bonchev–Trinajstić information content (AvgIpc) is 2.65. The Labute approximate surface area is 98.4 Å². The highest BCUT2D eigenvalue weighted by Crippen LogP contribution is 2.36. The third-order valence-corrected chi connectivity index (χ3v) is 3.19. The molecule has 1 aromatic heterocycles. The normalized spacial score (nSPS) is 22.3. The average molecular weight is 227 g/mol. The minimum Gasteiger partial charge on any atom is -0.297 e. The van der Waals surface area contributed by atoms with E-state index < -0.39 is 4.87 Å². The number of nitriles is 1. The highest BCUT2D eigenvalue weighted by atomic mass is 32.1. The number of aromatic nitrogens is 2. The van der Waals surface area contributed by atoms with E-state index in [4.69, 9.17) is 5.26 Å². The predicted molar refractivity (Wildman–Crippen MR) is 66.1 cm³/mol. The molecule has 1 aliphatic rings. The van der Waals surface area contributed by atoms with Crippen molar-refractivity contribution in [1.29, 1.82) is 5.26 Å². The summed E-state index contributed by atoms with van der Waals surface area (Å²) in [6, 6.07) is 8.00. The summed E-state index contributed by atoms with van der Waals surface area (Å²) in [4.78, 5) is 3.82. The van der Waals surface area contributed by atoms with E-state index in [9.17, 15) is 0 Å². The molecular weight excluding hydrogens is 218 g/mol. The first-order valence-corrected chi connectivity index (χ1v) is 5.42. The van der Waals surface area contributed by atoms with E-state index in [-0.39, 0.29) is 0 Å². The van der Waals surface area contributed by atoms with Crippen LogP contribution in [0.15, 0.2) is 24.3 Å². The van der Waals surface area contributed by atoms with Crippen LogP contribution in [0.25, 0.3) is 17.1 Å². The van der Waals surface area contributed by atoms with Gasteiger partial charge in [0.25, 0.3) is 0 Å². The van der Waals surface area contributed by atoms with Crippen LogP contribution in [0.4, 0.5) is 0 Å². The van der Waals surface area contributed by atoms with Crippen LogP contribution < -0.4 is 0 Å². The fourth-order valence-corrected chi connectivity index (χ4v) is 2.39. The number of thiol groups is 1. The SMILES string of the molecule is CC1(S)C=Cc2cccc3nc(C#N)n1c23. The van der Waals surface area contributed by atoms with Gasteiger partial charge in [-0.3, -0.25) is 4.57 Å². The van der Waals surface area contributed by atoms with Gasteiger partial charge in [0.15, 0.2) is 0 Å². The van der Waals surface area contributed by atoms with Gasteiger partial charge < -0.3 is 0 Å². The topological polar surface area (TPSA) is 41.6 Å². The third kappa shape index (κ3) is 1.06. The molecule has 1 unspecified atom stereocenters. The van der Waals surface area contributed by atoms with Crippen molar-refractivity contribution < 1.29 is 0 Å². The van der Waals surface area contributed by atoms with Crippen molar-refractivity contribution >= 4 is 29.7 Å². The molecule has 0 fully saturated rings. The lowest BCUT2D eigenvalue weighted by Crippen LogP contribution is -2.24. The Morgan fingerprint density at radius 3 is 3.06 bits per heavy atom. The molecule has 0 saturated heterocycles. The van der Waals surface area contributed by atoms with Gasteiger partial charge in [0.1, 0.15) is 10.9 Å². The second-order valence-electron chi connectivity index (χ2n) is 4.03. The van der Waals surface area contributed by atoms with Crippen LogP contribution in [-0.4, -0.2) is 9.55 Å². The van der Waals surface area contributed by atoms with Gasteiger partial charge in [-0.1, -0.05) is 18.2 Å². The summed E-state index contributed by atoms with van der Waals surface area (Å²) in [5.74, 6) is 0.407. The summed E-state index contributed by atoms with van der Waals surface area (Å²) >= 11 is 4.57. The van der Waals surface area contributed by atoms with Gasteiger partial charge in [0.05, 0.1) is 11.0 Å². The maximum Gasteiger partial charge on any atom is 0.215 e. The molecule has 16 heavy (non-hydrogen) atoms. The molecule has 0 saturated carbocycles. The number of rotatable bonds is 0. The Bertz CT molecular complexity index is 659. The molecule has 2 aromatic rings. The molecule has 0 spiro atoms. The molecule has 0 bridgehead atoms. The number of benzene rings is 1. The molecule has 2 heterocycles. The first-order chi connectivity index (χ1) is 7.63. The van der Waals surface area contributed by atoms with E-state index in [1.165, 1.54) is 0 Å². The van der Waals surface area contributed by atoms with Gasteiger partial charge in [-0.15, -0.1) is 12.6 Å². The van der Waals surface area contributed by atoms with Crippen LogP contribution in [0.1, 0.15) is 18.3 Å². The van der Waals surface area contributed by atoms with Gasteiger partial charge in [0.2, 0.25) is 5.82 Å². The Morgan fingerprint density at radius 1 is 1.50 bits per heavy atom. The van der Waals surface area contributed by atoms with Gasteiger partial charge in [-0.05, 0) is 19.1 Å². The summed E-state index contributed by atoms with van der Waals surface area (Å²) < 4.78 is 1.88. The van der Waals surface area contributed by atoms with Crippen LogP contribution >= 0.6 is 12.6 Å². The molecular formula is C12H9N3S. The van der Waals surface area contributed by atoms with E-state index in [1.807, 2.05) is 41.8 Å². The van der Waals surface area contributed by atoms with E-state index in [2.05, 4.69) is 23.7 Å². The van der Waals surface area contributed by atoms with Crippen molar-refractivity contribution in [2.45, 2.75) is 11.8 Å². The highest BCUT2D eigenvalue weighted by molar-refractivity contribution is 7.81. The standard InChI is InChI=1S/C12H9N3S/c1-12(16)6-5-8-3-2-4-9-11(8)15(12)10(7-13)14-9/h2-6,16H,1H3. The van der Waals surface area contributed by atoms with Crippen LogP contribution in [0, 0.1) is 11.3 Å². The molecule has 3 rings (SSSR count). The molecule has 1 aliphatic heterocycles. The number of hydrogen-bond acceptors (Lipinski definition) is 3. The minimum atomic E-state index is -0.492. The molecule has 0 N–H and O–H groups in total. The summed E-state index contributed by atoms with van der Waals surface area (Å²) in [5.41, 5.74) is 2.91. The lowest BCUT2D eigenvalue weighted by atomic mass is 10.1. The minimum absolute atomic E-state index is 0.407. The van der Waals surface area contributed by atoms with Crippen molar-refractivity contribution in [3.05, 3.63) is 35.7 Å². The monoisotopic (exact) mass is 227 g/mol. The summed E-state index contributed by atoms with van der Waals surface area (Å²) in [7, 11) is 0. The first-order valence-electron chi connectivity index (χ1n) is 4.97. The fraction of sp³-hybridized carbons (Fsp3) is 0.167. The molecule has 0 aliphatic carbocycles. The third-order valence-electron chi connectivity index (χ3n) is 2.84. The Morgan fingerprint density at radius 2 is 2.31 bits per heavy atom. The lowest BCUT2D eigenvalue weighted by molar-refractivity contribution is 0.612. The number of nitrogens with zero attached hydrogens (tertiary/aromatic N) is 3. The number of para-hydroxylation sites is 1. The molecule has 1 atom stereocenters. The molecule has 1 aromatic carbocycles.